The summed E-state index contributed by atoms with van der Waals surface area (Å²) in [5.41, 5.74) is 0.777. The summed E-state index contributed by atoms with van der Waals surface area (Å²) in [5.74, 6) is -0.664. The lowest BCUT2D eigenvalue weighted by Crippen LogP contribution is -2.30. The van der Waals surface area contributed by atoms with Gasteiger partial charge in [0.1, 0.15) is 0 Å². The van der Waals surface area contributed by atoms with Gasteiger partial charge in [-0.25, -0.2) is 0 Å². The van der Waals surface area contributed by atoms with E-state index < -0.39 is 6.18 Å². The smallest absolute Gasteiger partial charge is 0.274 e. The molecule has 2 rings (SSSR count). The van der Waals surface area contributed by atoms with Crippen molar-refractivity contribution in [3.8, 4) is 0 Å². The van der Waals surface area contributed by atoms with Gasteiger partial charge >= 0.3 is 6.18 Å². The topological polar surface area (TPSA) is 37.4 Å². The fraction of sp³-hybridized carbons (Fsp3) is 0.333. The Morgan fingerprint density at radius 1 is 1.00 bits per heavy atom. The highest BCUT2D eigenvalue weighted by molar-refractivity contribution is 6.21. The molecule has 1 aromatic rings. The molecule has 21 heavy (non-hydrogen) atoms. The molecule has 112 valence electrons. The molecule has 0 aliphatic carbocycles. The highest BCUT2D eigenvalue weighted by Crippen LogP contribution is 2.23. The van der Waals surface area contributed by atoms with Crippen molar-refractivity contribution >= 4 is 11.8 Å². The Labute approximate surface area is 120 Å². The summed E-state index contributed by atoms with van der Waals surface area (Å²) in [6.45, 7) is 0.228. The first-order valence-electron chi connectivity index (χ1n) is 6.60. The zero-order valence-corrected chi connectivity index (χ0v) is 11.2. The maximum absolute atomic E-state index is 12.0. The SMILES string of the molecule is O=C1c2ccccc2C(=O)N1CCCC/C=C/C(F)(F)F. The van der Waals surface area contributed by atoms with E-state index in [-0.39, 0.29) is 30.9 Å². The Balaban J connectivity index is 1.82. The fourth-order valence-corrected chi connectivity index (χ4v) is 2.19. The molecule has 1 aliphatic rings. The number of carbonyl (C=O) groups excluding carboxylic acids is 2. The molecule has 0 bridgehead atoms. The molecule has 0 unspecified atom stereocenters. The number of rotatable bonds is 5. The number of carbonyl (C=O) groups is 2. The number of hydrogen-bond acceptors (Lipinski definition) is 2. The van der Waals surface area contributed by atoms with E-state index in [2.05, 4.69) is 0 Å². The number of benzene rings is 1. The van der Waals surface area contributed by atoms with Crippen molar-refractivity contribution in [1.29, 1.82) is 0 Å². The Morgan fingerprint density at radius 3 is 2.10 bits per heavy atom. The third kappa shape index (κ3) is 3.71. The van der Waals surface area contributed by atoms with Crippen LogP contribution in [0.2, 0.25) is 0 Å². The first-order chi connectivity index (χ1) is 9.90. The first-order valence-corrected chi connectivity index (χ1v) is 6.60. The Kier molecular flexibility index (Phi) is 4.45. The van der Waals surface area contributed by atoms with Crippen LogP contribution in [0.4, 0.5) is 13.2 Å². The van der Waals surface area contributed by atoms with Gasteiger partial charge in [-0.05, 0) is 31.4 Å². The maximum atomic E-state index is 12.0. The number of nitrogens with zero attached hydrogens (tertiary/aromatic N) is 1. The second-order valence-corrected chi connectivity index (χ2v) is 4.75. The molecule has 6 heteroatoms. The van der Waals surface area contributed by atoms with Gasteiger partial charge < -0.3 is 0 Å². The molecular formula is C15H14F3NO2. The number of halogens is 3. The zero-order chi connectivity index (χ0) is 15.5. The summed E-state index contributed by atoms with van der Waals surface area (Å²) in [5, 5.41) is 0. The van der Waals surface area contributed by atoms with Crippen molar-refractivity contribution in [3.05, 3.63) is 47.5 Å². The van der Waals surface area contributed by atoms with E-state index >= 15 is 0 Å². The minimum Gasteiger partial charge on any atom is -0.274 e. The minimum absolute atomic E-state index is 0.203. The zero-order valence-electron chi connectivity index (χ0n) is 11.2. The molecule has 1 aliphatic heterocycles. The quantitative estimate of drug-likeness (QED) is 0.473. The van der Waals surface area contributed by atoms with E-state index in [1.54, 1.807) is 24.3 Å². The van der Waals surface area contributed by atoms with Crippen molar-refractivity contribution in [3.63, 3.8) is 0 Å². The molecule has 3 nitrogen and oxygen atoms in total. The van der Waals surface area contributed by atoms with Gasteiger partial charge in [-0.3, -0.25) is 14.5 Å². The van der Waals surface area contributed by atoms with Gasteiger partial charge in [0.2, 0.25) is 0 Å². The standard InChI is InChI=1S/C15H14F3NO2/c16-15(17,18)9-5-1-2-6-10-19-13(20)11-7-3-4-8-12(11)14(19)21/h3-5,7-9H,1-2,6,10H2/b9-5+. The third-order valence-electron chi connectivity index (χ3n) is 3.19. The van der Waals surface area contributed by atoms with Crippen LogP contribution >= 0.6 is 0 Å². The summed E-state index contributed by atoms with van der Waals surface area (Å²) in [4.78, 5) is 25.2. The van der Waals surface area contributed by atoms with Crippen LogP contribution in [0.3, 0.4) is 0 Å². The lowest BCUT2D eigenvalue weighted by molar-refractivity contribution is -0.0800. The van der Waals surface area contributed by atoms with Crippen LogP contribution in [0, 0.1) is 0 Å². The van der Waals surface area contributed by atoms with Crippen molar-refractivity contribution in [2.75, 3.05) is 6.54 Å². The number of fused-ring (bicyclic) bond motifs is 1. The number of imide groups is 1. The highest BCUT2D eigenvalue weighted by atomic mass is 19.4. The Morgan fingerprint density at radius 2 is 1.57 bits per heavy atom. The Hall–Kier alpha value is -2.11. The fourth-order valence-electron chi connectivity index (χ4n) is 2.19. The van der Waals surface area contributed by atoms with Gasteiger partial charge in [-0.1, -0.05) is 18.2 Å². The maximum Gasteiger partial charge on any atom is 0.409 e. The van der Waals surface area contributed by atoms with Crippen LogP contribution in [0.15, 0.2) is 36.4 Å². The summed E-state index contributed by atoms with van der Waals surface area (Å²) in [6, 6.07) is 6.58. The average Bonchev–Trinajstić information content (AvgIpc) is 2.66. The normalized spacial score (nSPS) is 15.1. The summed E-state index contributed by atoms with van der Waals surface area (Å²) >= 11 is 0. The van der Waals surface area contributed by atoms with E-state index in [1.165, 1.54) is 0 Å². The highest BCUT2D eigenvalue weighted by Gasteiger charge is 2.34. The lowest BCUT2D eigenvalue weighted by Gasteiger charge is -2.12. The van der Waals surface area contributed by atoms with Gasteiger partial charge in [0.05, 0.1) is 11.1 Å². The predicted octanol–water partition coefficient (Wildman–Crippen LogP) is 3.57. The minimum atomic E-state index is -4.29. The molecule has 0 N–H and O–H groups in total. The number of hydrogen-bond donors (Lipinski definition) is 0. The Bertz CT molecular complexity index is 544. The molecule has 0 radical (unpaired) electrons. The molecule has 0 fully saturated rings. The second-order valence-electron chi connectivity index (χ2n) is 4.75. The second kappa shape index (κ2) is 6.11. The van der Waals surface area contributed by atoms with Gasteiger partial charge in [0.25, 0.3) is 11.8 Å². The molecule has 0 atom stereocenters. The molecular weight excluding hydrogens is 283 g/mol. The molecule has 2 amide bonds. The monoisotopic (exact) mass is 297 g/mol. The summed E-state index contributed by atoms with van der Waals surface area (Å²) in [7, 11) is 0. The van der Waals surface area contributed by atoms with Crippen LogP contribution in [0.5, 0.6) is 0 Å². The van der Waals surface area contributed by atoms with Crippen LogP contribution in [-0.2, 0) is 0 Å². The van der Waals surface area contributed by atoms with E-state index in [9.17, 15) is 22.8 Å². The number of alkyl halides is 3. The van der Waals surface area contributed by atoms with Gasteiger partial charge in [0, 0.05) is 12.6 Å². The van der Waals surface area contributed by atoms with Crippen molar-refractivity contribution in [2.45, 2.75) is 25.4 Å². The molecule has 0 saturated carbocycles. The molecule has 0 aromatic heterocycles. The number of unbranched alkanes of at least 4 members (excludes halogenated alkanes) is 2. The van der Waals surface area contributed by atoms with Crippen molar-refractivity contribution in [2.24, 2.45) is 0 Å². The molecule has 0 saturated heterocycles. The van der Waals surface area contributed by atoms with E-state index in [4.69, 9.17) is 0 Å². The van der Waals surface area contributed by atoms with Gasteiger partial charge in [-0.15, -0.1) is 0 Å². The molecule has 1 heterocycles. The van der Waals surface area contributed by atoms with Gasteiger partial charge in [0.15, 0.2) is 0 Å². The summed E-state index contributed by atoms with van der Waals surface area (Å²) in [6.07, 6.45) is -1.80. The number of allylic oxidation sites excluding steroid dienone is 2. The summed E-state index contributed by atoms with van der Waals surface area (Å²) < 4.78 is 35.6. The largest absolute Gasteiger partial charge is 0.409 e. The van der Waals surface area contributed by atoms with E-state index in [0.29, 0.717) is 24.0 Å². The average molecular weight is 297 g/mol. The molecule has 1 aromatic carbocycles. The van der Waals surface area contributed by atoms with Crippen molar-refractivity contribution < 1.29 is 22.8 Å². The van der Waals surface area contributed by atoms with Crippen LogP contribution in [0.25, 0.3) is 0 Å². The molecule has 0 spiro atoms. The van der Waals surface area contributed by atoms with Gasteiger partial charge in [-0.2, -0.15) is 13.2 Å². The number of amides is 2. The lowest BCUT2D eigenvalue weighted by atomic mass is 10.1. The van der Waals surface area contributed by atoms with E-state index in [0.717, 1.165) is 11.0 Å². The van der Waals surface area contributed by atoms with Crippen LogP contribution in [-0.4, -0.2) is 29.4 Å². The van der Waals surface area contributed by atoms with Crippen LogP contribution < -0.4 is 0 Å². The third-order valence-corrected chi connectivity index (χ3v) is 3.19. The first kappa shape index (κ1) is 15.3. The predicted molar refractivity (Wildman–Crippen MR) is 70.9 cm³/mol. The van der Waals surface area contributed by atoms with Crippen molar-refractivity contribution in [1.82, 2.24) is 4.90 Å². The van der Waals surface area contributed by atoms with Crippen LogP contribution in [0.1, 0.15) is 40.0 Å². The van der Waals surface area contributed by atoms with E-state index in [1.807, 2.05) is 0 Å².